The third-order valence-corrected chi connectivity index (χ3v) is 2.52. The number of carbonyl (C=O) groups is 1. The highest BCUT2D eigenvalue weighted by molar-refractivity contribution is 6.52. The minimum atomic E-state index is -1.10. The van der Waals surface area contributed by atoms with E-state index in [-0.39, 0.29) is 12.0 Å². The van der Waals surface area contributed by atoms with Gasteiger partial charge < -0.3 is 4.74 Å². The van der Waals surface area contributed by atoms with Gasteiger partial charge in [-0.15, -0.1) is 11.6 Å². The van der Waals surface area contributed by atoms with Gasteiger partial charge in [0.25, 0.3) is 0 Å². The lowest BCUT2D eigenvalue weighted by Gasteiger charge is -2.09. The smallest absolute Gasteiger partial charge is 0.339 e. The van der Waals surface area contributed by atoms with Crippen LogP contribution in [0.25, 0.3) is 0 Å². The van der Waals surface area contributed by atoms with Crippen LogP contribution in [-0.2, 0) is 9.53 Å². The van der Waals surface area contributed by atoms with Crippen molar-refractivity contribution in [3.05, 3.63) is 0 Å². The van der Waals surface area contributed by atoms with E-state index in [1.54, 1.807) is 0 Å². The Balaban J connectivity index is 3.39. The van der Waals surface area contributed by atoms with Crippen molar-refractivity contribution in [2.24, 2.45) is 0 Å². The van der Waals surface area contributed by atoms with Gasteiger partial charge >= 0.3 is 5.97 Å². The molecular formula is C9H15Cl3O2. The van der Waals surface area contributed by atoms with Crippen LogP contribution >= 0.6 is 34.8 Å². The van der Waals surface area contributed by atoms with E-state index in [2.05, 4.69) is 6.92 Å². The molecule has 0 heterocycles. The van der Waals surface area contributed by atoms with Gasteiger partial charge in [-0.3, -0.25) is 0 Å². The highest BCUT2D eigenvalue weighted by Crippen LogP contribution is 2.12. The number of rotatable bonds is 7. The molecule has 0 aliphatic heterocycles. The summed E-state index contributed by atoms with van der Waals surface area (Å²) < 4.78 is 4.77. The normalized spacial score (nSPS) is 12.9. The average Bonchev–Trinajstić information content (AvgIpc) is 2.14. The Morgan fingerprint density at radius 1 is 1.29 bits per heavy atom. The van der Waals surface area contributed by atoms with E-state index >= 15 is 0 Å². The van der Waals surface area contributed by atoms with Crippen molar-refractivity contribution in [3.8, 4) is 0 Å². The van der Waals surface area contributed by atoms with Crippen LogP contribution in [0.1, 0.15) is 32.6 Å². The van der Waals surface area contributed by atoms with Crippen molar-refractivity contribution in [2.45, 2.75) is 42.8 Å². The molecule has 0 fully saturated rings. The highest BCUT2D eigenvalue weighted by atomic mass is 35.5. The molecule has 0 aliphatic carbocycles. The van der Waals surface area contributed by atoms with Gasteiger partial charge in [0.1, 0.15) is 0 Å². The summed E-state index contributed by atoms with van der Waals surface area (Å²) in [6.07, 6.45) is 3.80. The third kappa shape index (κ3) is 7.72. The molecule has 2 nitrogen and oxygen atoms in total. The van der Waals surface area contributed by atoms with Crippen LogP contribution in [0.2, 0.25) is 0 Å². The predicted octanol–water partition coefficient (Wildman–Crippen LogP) is 3.52. The Kier molecular flexibility index (Phi) is 8.84. The second-order valence-corrected chi connectivity index (χ2v) is 4.71. The van der Waals surface area contributed by atoms with Crippen molar-refractivity contribution >= 4 is 40.8 Å². The zero-order valence-electron chi connectivity index (χ0n) is 8.14. The Bertz CT molecular complexity index is 162. The van der Waals surface area contributed by atoms with Crippen LogP contribution < -0.4 is 0 Å². The van der Waals surface area contributed by atoms with Crippen LogP contribution in [0, 0.1) is 0 Å². The van der Waals surface area contributed by atoms with Gasteiger partial charge in [0, 0.05) is 5.38 Å². The first-order chi connectivity index (χ1) is 6.57. The minimum absolute atomic E-state index is 0.0619. The van der Waals surface area contributed by atoms with E-state index in [4.69, 9.17) is 39.5 Å². The lowest BCUT2D eigenvalue weighted by molar-refractivity contribution is -0.141. The lowest BCUT2D eigenvalue weighted by atomic mass is 10.1. The van der Waals surface area contributed by atoms with E-state index in [9.17, 15) is 4.79 Å². The van der Waals surface area contributed by atoms with Crippen molar-refractivity contribution < 1.29 is 9.53 Å². The summed E-state index contributed by atoms with van der Waals surface area (Å²) in [7, 11) is 0. The molecule has 0 rings (SSSR count). The van der Waals surface area contributed by atoms with E-state index in [0.717, 1.165) is 19.3 Å². The SMILES string of the molecule is CCCCC(Cl)CCOC(=O)C(Cl)Cl. The van der Waals surface area contributed by atoms with Gasteiger partial charge in [0.2, 0.25) is 4.84 Å². The van der Waals surface area contributed by atoms with Crippen LogP contribution in [0.15, 0.2) is 0 Å². The first-order valence-corrected chi connectivity index (χ1v) is 5.97. The molecule has 0 aromatic heterocycles. The van der Waals surface area contributed by atoms with Gasteiger partial charge in [-0.05, 0) is 12.8 Å². The summed E-state index contributed by atoms with van der Waals surface area (Å²) in [6, 6.07) is 0. The number of esters is 1. The van der Waals surface area contributed by atoms with E-state index in [1.165, 1.54) is 0 Å². The molecule has 14 heavy (non-hydrogen) atoms. The maximum absolute atomic E-state index is 10.8. The fourth-order valence-corrected chi connectivity index (χ4v) is 1.29. The Hall–Kier alpha value is 0.340. The number of hydrogen-bond donors (Lipinski definition) is 0. The summed E-state index contributed by atoms with van der Waals surface area (Å²) in [5.41, 5.74) is 0. The first-order valence-electron chi connectivity index (χ1n) is 4.66. The van der Waals surface area contributed by atoms with Crippen LogP contribution in [-0.4, -0.2) is 22.8 Å². The van der Waals surface area contributed by atoms with Crippen molar-refractivity contribution in [3.63, 3.8) is 0 Å². The van der Waals surface area contributed by atoms with Gasteiger partial charge in [-0.25, -0.2) is 4.79 Å². The summed E-state index contributed by atoms with van der Waals surface area (Å²) >= 11 is 16.5. The van der Waals surface area contributed by atoms with Gasteiger partial charge in [-0.1, -0.05) is 43.0 Å². The Labute approximate surface area is 99.8 Å². The molecule has 0 aromatic carbocycles. The topological polar surface area (TPSA) is 26.3 Å². The number of carbonyl (C=O) groups excluding carboxylic acids is 1. The van der Waals surface area contributed by atoms with E-state index in [1.807, 2.05) is 0 Å². The van der Waals surface area contributed by atoms with E-state index in [0.29, 0.717) is 6.42 Å². The number of halogens is 3. The number of hydrogen-bond acceptors (Lipinski definition) is 2. The molecule has 84 valence electrons. The number of ether oxygens (including phenoxy) is 1. The average molecular weight is 262 g/mol. The molecule has 0 aromatic rings. The third-order valence-electron chi connectivity index (χ3n) is 1.72. The standard InChI is InChI=1S/C9H15Cl3O2/c1-2-3-4-7(10)5-6-14-9(13)8(11)12/h7-8H,2-6H2,1H3. The molecule has 0 spiro atoms. The molecule has 1 atom stereocenters. The predicted molar refractivity (Wildman–Crippen MR) is 60.2 cm³/mol. The van der Waals surface area contributed by atoms with Crippen LogP contribution in [0.3, 0.4) is 0 Å². The van der Waals surface area contributed by atoms with Gasteiger partial charge in [0.15, 0.2) is 0 Å². The summed E-state index contributed by atoms with van der Waals surface area (Å²) in [6.45, 7) is 2.39. The second-order valence-electron chi connectivity index (χ2n) is 3.00. The summed E-state index contributed by atoms with van der Waals surface area (Å²) in [4.78, 5) is 9.71. The van der Waals surface area contributed by atoms with Gasteiger partial charge in [0.05, 0.1) is 6.61 Å². The number of unbranched alkanes of at least 4 members (excludes halogenated alkanes) is 1. The fourth-order valence-electron chi connectivity index (χ4n) is 0.920. The minimum Gasteiger partial charge on any atom is -0.464 e. The van der Waals surface area contributed by atoms with E-state index < -0.39 is 10.8 Å². The van der Waals surface area contributed by atoms with Crippen molar-refractivity contribution in [1.29, 1.82) is 0 Å². The molecule has 5 heteroatoms. The molecule has 0 saturated heterocycles. The molecule has 0 bridgehead atoms. The van der Waals surface area contributed by atoms with Crippen molar-refractivity contribution in [2.75, 3.05) is 6.61 Å². The second kappa shape index (κ2) is 8.63. The molecule has 0 aliphatic rings. The quantitative estimate of drug-likeness (QED) is 0.518. The lowest BCUT2D eigenvalue weighted by Crippen LogP contribution is -2.15. The largest absolute Gasteiger partial charge is 0.464 e. The van der Waals surface area contributed by atoms with Crippen LogP contribution in [0.5, 0.6) is 0 Å². The zero-order valence-corrected chi connectivity index (χ0v) is 10.4. The highest BCUT2D eigenvalue weighted by Gasteiger charge is 2.13. The monoisotopic (exact) mass is 260 g/mol. The molecule has 1 unspecified atom stereocenters. The molecule has 0 saturated carbocycles. The Morgan fingerprint density at radius 2 is 1.93 bits per heavy atom. The fraction of sp³-hybridized carbons (Fsp3) is 0.889. The van der Waals surface area contributed by atoms with Crippen molar-refractivity contribution in [1.82, 2.24) is 0 Å². The maximum Gasteiger partial charge on any atom is 0.339 e. The van der Waals surface area contributed by atoms with Crippen LogP contribution in [0.4, 0.5) is 0 Å². The number of alkyl halides is 3. The van der Waals surface area contributed by atoms with Gasteiger partial charge in [-0.2, -0.15) is 0 Å². The molecular weight excluding hydrogens is 246 g/mol. The first kappa shape index (κ1) is 14.3. The zero-order chi connectivity index (χ0) is 11.0. The molecule has 0 amide bonds. The summed E-state index contributed by atoms with van der Waals surface area (Å²) in [5, 5.41) is 0.0619. The Morgan fingerprint density at radius 3 is 2.43 bits per heavy atom. The maximum atomic E-state index is 10.8. The molecule has 0 N–H and O–H groups in total. The molecule has 0 radical (unpaired) electrons. The summed E-state index contributed by atoms with van der Waals surface area (Å²) in [5.74, 6) is -0.604.